The number of fused-ring (bicyclic) bond motifs is 2. The zero-order valence-corrected chi connectivity index (χ0v) is 19.3. The van der Waals surface area contributed by atoms with Gasteiger partial charge < -0.3 is 5.32 Å². The summed E-state index contributed by atoms with van der Waals surface area (Å²) < 4.78 is 13.6. The summed E-state index contributed by atoms with van der Waals surface area (Å²) in [6.45, 7) is 7.44. The Bertz CT molecular complexity index is 1180. The van der Waals surface area contributed by atoms with Gasteiger partial charge in [0.25, 0.3) is 0 Å². The van der Waals surface area contributed by atoms with Crippen molar-refractivity contribution in [1.29, 1.82) is 0 Å². The van der Waals surface area contributed by atoms with Crippen LogP contribution in [0.15, 0.2) is 66.7 Å². The Morgan fingerprint density at radius 1 is 0.970 bits per heavy atom. The van der Waals surface area contributed by atoms with E-state index in [1.165, 1.54) is 17.2 Å². The van der Waals surface area contributed by atoms with E-state index in [9.17, 15) is 9.18 Å². The molecule has 0 bridgehead atoms. The molecule has 33 heavy (non-hydrogen) atoms. The van der Waals surface area contributed by atoms with Gasteiger partial charge in [-0.3, -0.25) is 9.80 Å². The van der Waals surface area contributed by atoms with E-state index < -0.39 is 0 Å². The highest BCUT2D eigenvalue weighted by molar-refractivity contribution is 6.03. The van der Waals surface area contributed by atoms with Crippen molar-refractivity contribution in [2.45, 2.75) is 38.6 Å². The van der Waals surface area contributed by atoms with Crippen molar-refractivity contribution in [2.24, 2.45) is 0 Å². The smallest absolute Gasteiger partial charge is 0.308 e. The first-order valence-electron chi connectivity index (χ1n) is 11.7. The van der Waals surface area contributed by atoms with Crippen molar-refractivity contribution in [3.8, 4) is 0 Å². The average molecular weight is 444 g/mol. The molecular formula is C28H30FN3O. The van der Waals surface area contributed by atoms with Gasteiger partial charge in [0.2, 0.25) is 0 Å². The summed E-state index contributed by atoms with van der Waals surface area (Å²) in [6, 6.07) is 21.1. The number of likely N-dealkylation sites (tertiary alicyclic amines) is 1. The van der Waals surface area contributed by atoms with Crippen LogP contribution in [0.4, 0.5) is 20.6 Å². The highest BCUT2D eigenvalue weighted by Crippen LogP contribution is 2.47. The minimum Gasteiger partial charge on any atom is -0.308 e. The number of carbonyl (C=O) groups is 1. The monoisotopic (exact) mass is 443 g/mol. The van der Waals surface area contributed by atoms with Crippen molar-refractivity contribution in [3.63, 3.8) is 0 Å². The molecule has 0 aliphatic carbocycles. The second-order valence-corrected chi connectivity index (χ2v) is 9.59. The molecule has 4 nitrogen and oxygen atoms in total. The fourth-order valence-electron chi connectivity index (χ4n) is 5.34. The Kier molecular flexibility index (Phi) is 5.67. The first kappa shape index (κ1) is 21.7. The van der Waals surface area contributed by atoms with E-state index in [0.717, 1.165) is 55.0 Å². The summed E-state index contributed by atoms with van der Waals surface area (Å²) >= 11 is 0. The summed E-state index contributed by atoms with van der Waals surface area (Å²) in [6.07, 6.45) is 1.96. The molecule has 1 spiro atoms. The van der Waals surface area contributed by atoms with Gasteiger partial charge in [0.1, 0.15) is 5.82 Å². The lowest BCUT2D eigenvalue weighted by atomic mass is 9.74. The van der Waals surface area contributed by atoms with Crippen molar-refractivity contribution in [3.05, 3.63) is 94.8 Å². The van der Waals surface area contributed by atoms with Crippen LogP contribution >= 0.6 is 0 Å². The molecule has 5 rings (SSSR count). The molecule has 1 saturated heterocycles. The lowest BCUT2D eigenvalue weighted by Crippen LogP contribution is -2.46. The minimum atomic E-state index is -0.184. The quantitative estimate of drug-likeness (QED) is 0.537. The van der Waals surface area contributed by atoms with Gasteiger partial charge in [-0.05, 0) is 86.8 Å². The van der Waals surface area contributed by atoms with E-state index in [1.54, 1.807) is 12.1 Å². The number of rotatable bonds is 3. The van der Waals surface area contributed by atoms with Crippen molar-refractivity contribution in [1.82, 2.24) is 4.90 Å². The van der Waals surface area contributed by atoms with Crippen molar-refractivity contribution in [2.75, 3.05) is 29.9 Å². The molecule has 5 heteroatoms. The van der Waals surface area contributed by atoms with Gasteiger partial charge in [-0.1, -0.05) is 42.0 Å². The molecule has 1 fully saturated rings. The molecular weight excluding hydrogens is 413 g/mol. The average Bonchev–Trinajstić information content (AvgIpc) is 3.09. The lowest BCUT2D eigenvalue weighted by molar-refractivity contribution is 0.160. The molecule has 2 heterocycles. The molecule has 2 aliphatic heterocycles. The normalized spacial score (nSPS) is 17.2. The summed E-state index contributed by atoms with van der Waals surface area (Å²) in [4.78, 5) is 17.6. The Hall–Kier alpha value is -3.18. The SMILES string of the molecule is Cc1cccc(NC(=O)N2CC3(CCN(Cc4cccc(F)c4)CC3)c3cc(C)ccc32)c1. The number of nitrogens with one attached hydrogen (secondary N) is 1. The summed E-state index contributed by atoms with van der Waals surface area (Å²) in [5.41, 5.74) is 6.43. The second kappa shape index (κ2) is 8.64. The number of urea groups is 1. The first-order valence-corrected chi connectivity index (χ1v) is 11.7. The molecule has 3 aromatic rings. The predicted octanol–water partition coefficient (Wildman–Crippen LogP) is 6.03. The van der Waals surface area contributed by atoms with Gasteiger partial charge in [-0.2, -0.15) is 0 Å². The van der Waals surface area contributed by atoms with Gasteiger partial charge in [0.05, 0.1) is 0 Å². The van der Waals surface area contributed by atoms with Crippen LogP contribution in [-0.2, 0) is 12.0 Å². The molecule has 0 saturated carbocycles. The maximum absolute atomic E-state index is 13.6. The van der Waals surface area contributed by atoms with Crippen LogP contribution in [0.25, 0.3) is 0 Å². The zero-order valence-electron chi connectivity index (χ0n) is 19.3. The largest absolute Gasteiger partial charge is 0.326 e. The Labute approximate surface area is 195 Å². The van der Waals surface area contributed by atoms with E-state index in [1.807, 2.05) is 42.2 Å². The molecule has 1 N–H and O–H groups in total. The van der Waals surface area contributed by atoms with Crippen molar-refractivity contribution >= 4 is 17.4 Å². The lowest BCUT2D eigenvalue weighted by Gasteiger charge is -2.40. The molecule has 0 atom stereocenters. The molecule has 0 unspecified atom stereocenters. The Balaban J connectivity index is 1.35. The number of carbonyl (C=O) groups excluding carboxylic acids is 1. The van der Waals surface area contributed by atoms with E-state index in [-0.39, 0.29) is 17.3 Å². The number of piperidine rings is 1. The second-order valence-electron chi connectivity index (χ2n) is 9.59. The maximum Gasteiger partial charge on any atom is 0.326 e. The Morgan fingerprint density at radius 3 is 2.48 bits per heavy atom. The number of anilines is 2. The number of amides is 2. The van der Waals surface area contributed by atoms with E-state index in [4.69, 9.17) is 0 Å². The number of hydrogen-bond donors (Lipinski definition) is 1. The van der Waals surface area contributed by atoms with Crippen LogP contribution in [0, 0.1) is 19.7 Å². The van der Waals surface area contributed by atoms with Crippen LogP contribution in [0.2, 0.25) is 0 Å². The topological polar surface area (TPSA) is 35.6 Å². The summed E-state index contributed by atoms with van der Waals surface area (Å²) in [5.74, 6) is -0.184. The highest BCUT2D eigenvalue weighted by atomic mass is 19.1. The third-order valence-corrected chi connectivity index (χ3v) is 7.10. The zero-order chi connectivity index (χ0) is 23.0. The number of aryl methyl sites for hydroxylation is 2. The van der Waals surface area contributed by atoms with Crippen LogP contribution in [0.5, 0.6) is 0 Å². The number of halogens is 1. The van der Waals surface area contributed by atoms with Crippen LogP contribution in [-0.4, -0.2) is 30.6 Å². The van der Waals surface area contributed by atoms with Gasteiger partial charge in [-0.15, -0.1) is 0 Å². The molecule has 3 aromatic carbocycles. The third-order valence-electron chi connectivity index (χ3n) is 7.10. The fourth-order valence-corrected chi connectivity index (χ4v) is 5.34. The molecule has 170 valence electrons. The summed E-state index contributed by atoms with van der Waals surface area (Å²) in [7, 11) is 0. The van der Waals surface area contributed by atoms with E-state index in [0.29, 0.717) is 6.54 Å². The molecule has 2 amide bonds. The maximum atomic E-state index is 13.6. The highest BCUT2D eigenvalue weighted by Gasteiger charge is 2.46. The third kappa shape index (κ3) is 4.38. The van der Waals surface area contributed by atoms with Gasteiger partial charge in [-0.25, -0.2) is 9.18 Å². The fraction of sp³-hybridized carbons (Fsp3) is 0.321. The van der Waals surface area contributed by atoms with Gasteiger partial charge in [0, 0.05) is 29.9 Å². The predicted molar refractivity (Wildman–Crippen MR) is 131 cm³/mol. The minimum absolute atomic E-state index is 0.0380. The number of hydrogen-bond acceptors (Lipinski definition) is 2. The van der Waals surface area contributed by atoms with Crippen LogP contribution in [0.3, 0.4) is 0 Å². The first-order chi connectivity index (χ1) is 15.9. The van der Waals surface area contributed by atoms with Crippen LogP contribution in [0.1, 0.15) is 35.1 Å². The van der Waals surface area contributed by atoms with E-state index in [2.05, 4.69) is 35.3 Å². The Morgan fingerprint density at radius 2 is 1.73 bits per heavy atom. The van der Waals surface area contributed by atoms with Crippen molar-refractivity contribution < 1.29 is 9.18 Å². The standard InChI is InChI=1S/C28H30FN3O/c1-20-5-3-8-24(15-20)30-27(33)32-19-28(25-16-21(2)9-10-26(25)32)11-13-31(14-12-28)18-22-6-4-7-23(29)17-22/h3-10,15-17H,11-14,18-19H2,1-2H3,(H,30,33). The number of benzene rings is 3. The van der Waals surface area contributed by atoms with E-state index >= 15 is 0 Å². The van der Waals surface area contributed by atoms with Gasteiger partial charge >= 0.3 is 6.03 Å². The molecule has 2 aliphatic rings. The molecule has 0 radical (unpaired) electrons. The van der Waals surface area contributed by atoms with Gasteiger partial charge in [0.15, 0.2) is 0 Å². The molecule has 0 aromatic heterocycles. The summed E-state index contributed by atoms with van der Waals surface area (Å²) in [5, 5.41) is 3.09. The number of nitrogens with zero attached hydrogens (tertiary/aromatic N) is 2. The van der Waals surface area contributed by atoms with Crippen LogP contribution < -0.4 is 10.2 Å².